The number of nitrogens with one attached hydrogen (secondary N) is 1. The molecule has 94 valence electrons. The lowest BCUT2D eigenvalue weighted by atomic mass is 10.2. The van der Waals surface area contributed by atoms with E-state index in [1.165, 1.54) is 12.1 Å². The molecule has 0 bridgehead atoms. The molecular formula is C13H17F2NO. The van der Waals surface area contributed by atoms with Crippen molar-refractivity contribution in [2.75, 3.05) is 13.2 Å². The summed E-state index contributed by atoms with van der Waals surface area (Å²) in [7, 11) is 0. The summed E-state index contributed by atoms with van der Waals surface area (Å²) in [6.07, 6.45) is 3.45. The molecule has 0 aliphatic rings. The Morgan fingerprint density at radius 3 is 2.47 bits per heavy atom. The second-order valence-corrected chi connectivity index (χ2v) is 3.55. The Labute approximate surface area is 100 Å². The third-order valence-electron chi connectivity index (χ3n) is 2.20. The molecule has 0 saturated carbocycles. The highest BCUT2D eigenvalue weighted by atomic mass is 19.1. The predicted molar refractivity (Wildman–Crippen MR) is 64.0 cm³/mol. The monoisotopic (exact) mass is 241 g/mol. The number of hydrogen-bond donors (Lipinski definition) is 1. The van der Waals surface area contributed by atoms with Gasteiger partial charge in [0.15, 0.2) is 17.4 Å². The average molecular weight is 241 g/mol. The standard InChI is InChI=1S/C13H17F2NO/c1-3-5-6-17-13-11(14)7-10(8-12(13)15)9-16-4-2/h3,5,7-8,16H,4,6,9H2,1-2H3. The maximum atomic E-state index is 13.5. The Balaban J connectivity index is 2.78. The van der Waals surface area contributed by atoms with Crippen LogP contribution in [-0.2, 0) is 6.54 Å². The predicted octanol–water partition coefficient (Wildman–Crippen LogP) is 3.03. The first-order chi connectivity index (χ1) is 8.19. The molecule has 0 unspecified atom stereocenters. The third-order valence-corrected chi connectivity index (χ3v) is 2.20. The lowest BCUT2D eigenvalue weighted by Crippen LogP contribution is -2.12. The number of hydrogen-bond acceptors (Lipinski definition) is 2. The van der Waals surface area contributed by atoms with Crippen LogP contribution in [0.2, 0.25) is 0 Å². The zero-order valence-corrected chi connectivity index (χ0v) is 10.1. The topological polar surface area (TPSA) is 21.3 Å². The molecule has 0 aliphatic heterocycles. The molecule has 0 amide bonds. The van der Waals surface area contributed by atoms with Crippen LogP contribution in [0.15, 0.2) is 24.3 Å². The Morgan fingerprint density at radius 2 is 1.94 bits per heavy atom. The molecule has 0 radical (unpaired) electrons. The molecule has 1 N–H and O–H groups in total. The maximum absolute atomic E-state index is 13.5. The lowest BCUT2D eigenvalue weighted by molar-refractivity contribution is 0.320. The lowest BCUT2D eigenvalue weighted by Gasteiger charge is -2.09. The van der Waals surface area contributed by atoms with Gasteiger partial charge in [-0.3, -0.25) is 0 Å². The maximum Gasteiger partial charge on any atom is 0.191 e. The fourth-order valence-corrected chi connectivity index (χ4v) is 1.35. The van der Waals surface area contributed by atoms with Crippen molar-refractivity contribution in [3.05, 3.63) is 41.5 Å². The third kappa shape index (κ3) is 4.15. The van der Waals surface area contributed by atoms with E-state index in [1.54, 1.807) is 12.2 Å². The van der Waals surface area contributed by atoms with Gasteiger partial charge in [0.05, 0.1) is 0 Å². The Morgan fingerprint density at radius 1 is 1.29 bits per heavy atom. The number of halogens is 2. The first-order valence-electron chi connectivity index (χ1n) is 5.61. The van der Waals surface area contributed by atoms with Crippen molar-refractivity contribution in [3.63, 3.8) is 0 Å². The normalized spacial score (nSPS) is 11.1. The van der Waals surface area contributed by atoms with Crippen LogP contribution in [0.1, 0.15) is 19.4 Å². The van der Waals surface area contributed by atoms with Gasteiger partial charge in [-0.2, -0.15) is 0 Å². The van der Waals surface area contributed by atoms with Gasteiger partial charge in [0, 0.05) is 6.54 Å². The Bertz CT molecular complexity index is 368. The minimum atomic E-state index is -0.664. The zero-order valence-electron chi connectivity index (χ0n) is 10.1. The molecule has 0 fully saturated rings. The number of rotatable bonds is 6. The molecule has 17 heavy (non-hydrogen) atoms. The van der Waals surface area contributed by atoms with E-state index in [2.05, 4.69) is 5.32 Å². The summed E-state index contributed by atoms with van der Waals surface area (Å²) < 4.78 is 32.1. The fraction of sp³-hybridized carbons (Fsp3) is 0.385. The van der Waals surface area contributed by atoms with E-state index in [0.29, 0.717) is 12.1 Å². The van der Waals surface area contributed by atoms with Crippen LogP contribution >= 0.6 is 0 Å². The van der Waals surface area contributed by atoms with Crippen molar-refractivity contribution >= 4 is 0 Å². The Hall–Kier alpha value is -1.42. The molecule has 2 nitrogen and oxygen atoms in total. The summed E-state index contributed by atoms with van der Waals surface area (Å²) in [6.45, 7) is 5.11. The fourth-order valence-electron chi connectivity index (χ4n) is 1.35. The van der Waals surface area contributed by atoms with Gasteiger partial charge >= 0.3 is 0 Å². The summed E-state index contributed by atoms with van der Waals surface area (Å²) in [5.41, 5.74) is 0.570. The average Bonchev–Trinajstić information content (AvgIpc) is 2.30. The van der Waals surface area contributed by atoms with E-state index in [0.717, 1.165) is 6.54 Å². The van der Waals surface area contributed by atoms with E-state index in [9.17, 15) is 8.78 Å². The highest BCUT2D eigenvalue weighted by molar-refractivity contribution is 5.31. The number of allylic oxidation sites excluding steroid dienone is 1. The van der Waals surface area contributed by atoms with Gasteiger partial charge in [0.25, 0.3) is 0 Å². The van der Waals surface area contributed by atoms with E-state index in [4.69, 9.17) is 4.74 Å². The highest BCUT2D eigenvalue weighted by Gasteiger charge is 2.11. The summed E-state index contributed by atoms with van der Waals surface area (Å²) in [4.78, 5) is 0. The van der Waals surface area contributed by atoms with Crippen LogP contribution in [0.25, 0.3) is 0 Å². The minimum Gasteiger partial charge on any atom is -0.483 e. The van der Waals surface area contributed by atoms with Gasteiger partial charge < -0.3 is 10.1 Å². The summed E-state index contributed by atoms with van der Waals surface area (Å²) in [5, 5.41) is 3.01. The van der Waals surface area contributed by atoms with Crippen molar-refractivity contribution in [1.29, 1.82) is 0 Å². The quantitative estimate of drug-likeness (QED) is 0.773. The van der Waals surface area contributed by atoms with Gasteiger partial charge in [-0.25, -0.2) is 8.78 Å². The summed E-state index contributed by atoms with van der Waals surface area (Å²) in [6, 6.07) is 2.58. The van der Waals surface area contributed by atoms with Crippen LogP contribution in [0.4, 0.5) is 8.78 Å². The second-order valence-electron chi connectivity index (χ2n) is 3.55. The molecule has 1 aromatic carbocycles. The molecule has 0 aromatic heterocycles. The van der Waals surface area contributed by atoms with Crippen LogP contribution < -0.4 is 10.1 Å². The Kier molecular flexibility index (Phi) is 5.63. The zero-order chi connectivity index (χ0) is 12.7. The first kappa shape index (κ1) is 13.6. The molecule has 0 heterocycles. The van der Waals surface area contributed by atoms with Crippen molar-refractivity contribution in [1.82, 2.24) is 5.32 Å². The van der Waals surface area contributed by atoms with Crippen molar-refractivity contribution in [3.8, 4) is 5.75 Å². The van der Waals surface area contributed by atoms with Gasteiger partial charge in [-0.05, 0) is 31.2 Å². The molecule has 0 aliphatic carbocycles. The van der Waals surface area contributed by atoms with Crippen LogP contribution in [0.5, 0.6) is 5.75 Å². The minimum absolute atomic E-state index is 0.164. The molecule has 1 aromatic rings. The molecule has 0 atom stereocenters. The smallest absolute Gasteiger partial charge is 0.191 e. The van der Waals surface area contributed by atoms with Crippen molar-refractivity contribution in [2.24, 2.45) is 0 Å². The van der Waals surface area contributed by atoms with Crippen LogP contribution in [-0.4, -0.2) is 13.2 Å². The molecule has 1 rings (SSSR count). The first-order valence-corrected chi connectivity index (χ1v) is 5.61. The number of benzene rings is 1. The van der Waals surface area contributed by atoms with Crippen molar-refractivity contribution < 1.29 is 13.5 Å². The summed E-state index contributed by atoms with van der Waals surface area (Å²) >= 11 is 0. The summed E-state index contributed by atoms with van der Waals surface area (Å²) in [5.74, 6) is -1.65. The van der Waals surface area contributed by atoms with Gasteiger partial charge in [0.1, 0.15) is 6.61 Å². The van der Waals surface area contributed by atoms with Gasteiger partial charge in [-0.1, -0.05) is 19.1 Å². The van der Waals surface area contributed by atoms with E-state index >= 15 is 0 Å². The molecule has 0 spiro atoms. The second kappa shape index (κ2) is 7.01. The van der Waals surface area contributed by atoms with Crippen LogP contribution in [0, 0.1) is 11.6 Å². The molecule has 0 saturated heterocycles. The largest absolute Gasteiger partial charge is 0.483 e. The van der Waals surface area contributed by atoms with E-state index in [1.807, 2.05) is 13.8 Å². The molecule has 4 heteroatoms. The van der Waals surface area contributed by atoms with Crippen LogP contribution in [0.3, 0.4) is 0 Å². The van der Waals surface area contributed by atoms with Crippen molar-refractivity contribution in [2.45, 2.75) is 20.4 Å². The van der Waals surface area contributed by atoms with E-state index < -0.39 is 11.6 Å². The molecular weight excluding hydrogens is 224 g/mol. The SMILES string of the molecule is CC=CCOc1c(F)cc(CNCC)cc1F. The van der Waals surface area contributed by atoms with Gasteiger partial charge in [-0.15, -0.1) is 0 Å². The van der Waals surface area contributed by atoms with Gasteiger partial charge in [0.2, 0.25) is 0 Å². The van der Waals surface area contributed by atoms with E-state index in [-0.39, 0.29) is 12.4 Å². The highest BCUT2D eigenvalue weighted by Crippen LogP contribution is 2.23. The number of ether oxygens (including phenoxy) is 1.